The van der Waals surface area contributed by atoms with Gasteiger partial charge in [-0.3, -0.25) is 4.90 Å². The van der Waals surface area contributed by atoms with Gasteiger partial charge < -0.3 is 15.2 Å². The normalized spacial score (nSPS) is 17.9. The number of alkyl halides is 3. The summed E-state index contributed by atoms with van der Waals surface area (Å²) in [4.78, 5) is 1.99. The quantitative estimate of drug-likeness (QED) is 0.840. The van der Waals surface area contributed by atoms with Gasteiger partial charge in [0.05, 0.1) is 6.61 Å². The van der Waals surface area contributed by atoms with Gasteiger partial charge in [0, 0.05) is 44.2 Å². The van der Waals surface area contributed by atoms with Crippen LogP contribution in [0.4, 0.5) is 13.2 Å². The fourth-order valence-corrected chi connectivity index (χ4v) is 2.91. The summed E-state index contributed by atoms with van der Waals surface area (Å²) in [5, 5.41) is 13.6. The summed E-state index contributed by atoms with van der Waals surface area (Å²) in [6.45, 7) is 4.95. The first-order chi connectivity index (χ1) is 10.9. The Balaban J connectivity index is 2.26. The minimum atomic E-state index is -4.21. The molecule has 0 aliphatic carbocycles. The van der Waals surface area contributed by atoms with Crippen LogP contribution in [0.3, 0.4) is 0 Å². The standard InChI is InChI=1S/C16H23F3N2O2/c1-2-23-14-5-3-4-12(15(14)22)13(6-7-16(17,18)19)21-10-8-20-9-11-21/h3-5,13,20,22H,2,6-11H2,1H3/t13-/m0/s1. The van der Waals surface area contributed by atoms with E-state index in [1.54, 1.807) is 25.1 Å². The molecule has 0 amide bonds. The molecule has 4 nitrogen and oxygen atoms in total. The Morgan fingerprint density at radius 3 is 2.61 bits per heavy atom. The molecule has 0 spiro atoms. The number of benzene rings is 1. The summed E-state index contributed by atoms with van der Waals surface area (Å²) >= 11 is 0. The Kier molecular flexibility index (Phi) is 6.12. The fraction of sp³-hybridized carbons (Fsp3) is 0.625. The van der Waals surface area contributed by atoms with Crippen LogP contribution >= 0.6 is 0 Å². The molecule has 1 aliphatic heterocycles. The molecule has 1 fully saturated rings. The molecule has 7 heteroatoms. The number of nitrogens with zero attached hydrogens (tertiary/aromatic N) is 1. The van der Waals surface area contributed by atoms with E-state index in [0.717, 1.165) is 13.1 Å². The zero-order chi connectivity index (χ0) is 16.9. The molecule has 0 unspecified atom stereocenters. The molecule has 23 heavy (non-hydrogen) atoms. The molecule has 2 rings (SSSR count). The van der Waals surface area contributed by atoms with Gasteiger partial charge in [-0.15, -0.1) is 0 Å². The number of hydrogen-bond acceptors (Lipinski definition) is 4. The summed E-state index contributed by atoms with van der Waals surface area (Å²) in [6.07, 6.45) is -5.16. The molecule has 1 aromatic rings. The van der Waals surface area contributed by atoms with E-state index in [1.807, 2.05) is 4.90 Å². The Labute approximate surface area is 134 Å². The maximum atomic E-state index is 12.7. The number of rotatable bonds is 6. The van der Waals surface area contributed by atoms with E-state index in [1.165, 1.54) is 0 Å². The van der Waals surface area contributed by atoms with Crippen molar-refractivity contribution >= 4 is 0 Å². The van der Waals surface area contributed by atoms with E-state index in [0.29, 0.717) is 31.0 Å². The van der Waals surface area contributed by atoms with E-state index in [2.05, 4.69) is 5.32 Å². The largest absolute Gasteiger partial charge is 0.504 e. The zero-order valence-electron chi connectivity index (χ0n) is 13.2. The lowest BCUT2D eigenvalue weighted by Gasteiger charge is -2.36. The van der Waals surface area contributed by atoms with Crippen molar-refractivity contribution in [2.24, 2.45) is 0 Å². The highest BCUT2D eigenvalue weighted by atomic mass is 19.4. The fourth-order valence-electron chi connectivity index (χ4n) is 2.91. The number of nitrogens with one attached hydrogen (secondary N) is 1. The minimum absolute atomic E-state index is 0.0555. The maximum Gasteiger partial charge on any atom is 0.389 e. The van der Waals surface area contributed by atoms with E-state index < -0.39 is 18.6 Å². The highest BCUT2D eigenvalue weighted by Gasteiger charge is 2.32. The second-order valence-corrected chi connectivity index (χ2v) is 5.58. The van der Waals surface area contributed by atoms with Crippen LogP contribution in [0.5, 0.6) is 11.5 Å². The van der Waals surface area contributed by atoms with Crippen molar-refractivity contribution < 1.29 is 23.0 Å². The smallest absolute Gasteiger partial charge is 0.389 e. The summed E-state index contributed by atoms with van der Waals surface area (Å²) in [6, 6.07) is 4.55. The number of hydrogen-bond donors (Lipinski definition) is 2. The van der Waals surface area contributed by atoms with Gasteiger partial charge in [-0.1, -0.05) is 12.1 Å². The number of para-hydroxylation sites is 1. The average Bonchev–Trinajstić information content (AvgIpc) is 2.51. The van der Waals surface area contributed by atoms with Crippen LogP contribution in [0.2, 0.25) is 0 Å². The Morgan fingerprint density at radius 2 is 2.00 bits per heavy atom. The number of ether oxygens (including phenoxy) is 1. The number of phenolic OH excluding ortho intramolecular Hbond substituents is 1. The van der Waals surface area contributed by atoms with Gasteiger partial charge in [0.15, 0.2) is 11.5 Å². The monoisotopic (exact) mass is 332 g/mol. The van der Waals surface area contributed by atoms with E-state index in [-0.39, 0.29) is 12.2 Å². The molecule has 1 atom stereocenters. The first-order valence-electron chi connectivity index (χ1n) is 7.88. The van der Waals surface area contributed by atoms with Crippen molar-refractivity contribution in [3.8, 4) is 11.5 Å². The molecule has 0 radical (unpaired) electrons. The van der Waals surface area contributed by atoms with Crippen LogP contribution in [0, 0.1) is 0 Å². The molecule has 0 aromatic heterocycles. The molecule has 0 saturated carbocycles. The van der Waals surface area contributed by atoms with Gasteiger partial charge in [-0.2, -0.15) is 13.2 Å². The van der Waals surface area contributed by atoms with Crippen molar-refractivity contribution in [3.63, 3.8) is 0 Å². The first kappa shape index (κ1) is 17.9. The summed E-state index contributed by atoms with van der Waals surface area (Å²) in [7, 11) is 0. The van der Waals surface area contributed by atoms with Crippen LogP contribution in [0.1, 0.15) is 31.4 Å². The van der Waals surface area contributed by atoms with Crippen LogP contribution in [-0.4, -0.2) is 49.0 Å². The van der Waals surface area contributed by atoms with Crippen molar-refractivity contribution in [1.82, 2.24) is 10.2 Å². The SMILES string of the molecule is CCOc1cccc([C@H](CCC(F)(F)F)N2CCNCC2)c1O. The molecule has 1 aromatic carbocycles. The Morgan fingerprint density at radius 1 is 1.30 bits per heavy atom. The minimum Gasteiger partial charge on any atom is -0.504 e. The molecule has 1 aliphatic rings. The van der Waals surface area contributed by atoms with Crippen LogP contribution in [0.25, 0.3) is 0 Å². The van der Waals surface area contributed by atoms with Gasteiger partial charge in [0.1, 0.15) is 0 Å². The summed E-state index contributed by atoms with van der Waals surface area (Å²) in [5.41, 5.74) is 0.502. The molecule has 2 N–H and O–H groups in total. The highest BCUT2D eigenvalue weighted by molar-refractivity contribution is 5.47. The Bertz CT molecular complexity index is 503. The first-order valence-corrected chi connectivity index (χ1v) is 7.88. The van der Waals surface area contributed by atoms with Gasteiger partial charge >= 0.3 is 6.18 Å². The maximum absolute atomic E-state index is 12.7. The second kappa shape index (κ2) is 7.88. The van der Waals surface area contributed by atoms with Gasteiger partial charge in [0.25, 0.3) is 0 Å². The van der Waals surface area contributed by atoms with Crippen molar-refractivity contribution in [2.75, 3.05) is 32.8 Å². The topological polar surface area (TPSA) is 44.7 Å². The second-order valence-electron chi connectivity index (χ2n) is 5.58. The van der Waals surface area contributed by atoms with E-state index in [9.17, 15) is 18.3 Å². The van der Waals surface area contributed by atoms with Crippen molar-refractivity contribution in [3.05, 3.63) is 23.8 Å². The van der Waals surface area contributed by atoms with Crippen molar-refractivity contribution in [2.45, 2.75) is 32.0 Å². The third-order valence-corrected chi connectivity index (χ3v) is 3.98. The van der Waals surface area contributed by atoms with E-state index in [4.69, 9.17) is 4.74 Å². The molecule has 0 bridgehead atoms. The molecule has 1 saturated heterocycles. The highest BCUT2D eigenvalue weighted by Crippen LogP contribution is 2.39. The Hall–Kier alpha value is -1.47. The predicted octanol–water partition coefficient (Wildman–Crippen LogP) is 3.08. The molecule has 130 valence electrons. The van der Waals surface area contributed by atoms with Crippen LogP contribution in [0.15, 0.2) is 18.2 Å². The third kappa shape index (κ3) is 5.00. The molecular weight excluding hydrogens is 309 g/mol. The lowest BCUT2D eigenvalue weighted by atomic mass is 9.98. The number of aromatic hydroxyl groups is 1. The van der Waals surface area contributed by atoms with Gasteiger partial charge in [-0.05, 0) is 19.4 Å². The van der Waals surface area contributed by atoms with Crippen molar-refractivity contribution in [1.29, 1.82) is 0 Å². The number of piperazine rings is 1. The summed E-state index contributed by atoms with van der Waals surface area (Å²) < 4.78 is 43.4. The van der Waals surface area contributed by atoms with Crippen LogP contribution in [-0.2, 0) is 0 Å². The zero-order valence-corrected chi connectivity index (χ0v) is 13.2. The molecular formula is C16H23F3N2O2. The van der Waals surface area contributed by atoms with E-state index >= 15 is 0 Å². The van der Waals surface area contributed by atoms with Crippen LogP contribution < -0.4 is 10.1 Å². The van der Waals surface area contributed by atoms with Gasteiger partial charge in [0.2, 0.25) is 0 Å². The predicted molar refractivity (Wildman–Crippen MR) is 81.7 cm³/mol. The average molecular weight is 332 g/mol. The lowest BCUT2D eigenvalue weighted by molar-refractivity contribution is -0.138. The number of halogens is 3. The number of phenols is 1. The molecule has 1 heterocycles. The third-order valence-electron chi connectivity index (χ3n) is 3.98. The lowest BCUT2D eigenvalue weighted by Crippen LogP contribution is -2.45. The van der Waals surface area contributed by atoms with Gasteiger partial charge in [-0.25, -0.2) is 0 Å². The summed E-state index contributed by atoms with van der Waals surface area (Å²) in [5.74, 6) is 0.261.